The molecule has 3 saturated carbocycles. The van der Waals surface area contributed by atoms with Crippen LogP contribution in [0.5, 0.6) is 0 Å². The minimum Gasteiger partial charge on any atom is -0.446 e. The van der Waals surface area contributed by atoms with E-state index in [-0.39, 0.29) is 11.8 Å². The van der Waals surface area contributed by atoms with Crippen LogP contribution in [0.4, 0.5) is 23.7 Å². The maximum absolute atomic E-state index is 12.7. The van der Waals surface area contributed by atoms with E-state index >= 15 is 0 Å². The average molecular weight is 353 g/mol. The maximum atomic E-state index is 12.7. The molecule has 3 aliphatic carbocycles. The quantitative estimate of drug-likeness (QED) is 0.816. The molecule has 4 nitrogen and oxygen atoms in total. The Kier molecular flexibility index (Phi) is 3.18. The van der Waals surface area contributed by atoms with Crippen LogP contribution in [0.15, 0.2) is 24.3 Å². The number of rotatable bonds is 2. The van der Waals surface area contributed by atoms with Crippen molar-refractivity contribution in [2.45, 2.75) is 43.8 Å². The summed E-state index contributed by atoms with van der Waals surface area (Å²) in [4.78, 5) is 12.1. The highest BCUT2D eigenvalue weighted by atomic mass is 19.4. The normalized spacial score (nSPS) is 40.5. The average Bonchev–Trinajstić information content (AvgIpc) is 2.91. The first kappa shape index (κ1) is 15.5. The van der Waals surface area contributed by atoms with Crippen LogP contribution >= 0.6 is 0 Å². The van der Waals surface area contributed by atoms with Crippen LogP contribution in [-0.2, 0) is 15.7 Å². The molecule has 25 heavy (non-hydrogen) atoms. The Morgan fingerprint density at radius 1 is 1.20 bits per heavy atom. The van der Waals surface area contributed by atoms with Gasteiger partial charge in [-0.05, 0) is 61.1 Å². The molecule has 0 aromatic heterocycles. The van der Waals surface area contributed by atoms with Gasteiger partial charge in [0, 0.05) is 5.69 Å². The summed E-state index contributed by atoms with van der Waals surface area (Å²) in [7, 11) is 0. The molecule has 4 fully saturated rings. The van der Waals surface area contributed by atoms with E-state index in [0.717, 1.165) is 31.4 Å². The van der Waals surface area contributed by atoms with Crippen LogP contribution in [0.2, 0.25) is 0 Å². The number of ether oxygens (including phenoxy) is 2. The maximum Gasteiger partial charge on any atom is 0.416 e. The van der Waals surface area contributed by atoms with E-state index < -0.39 is 17.8 Å². The lowest BCUT2D eigenvalue weighted by atomic mass is 9.79. The van der Waals surface area contributed by atoms with Gasteiger partial charge < -0.3 is 9.47 Å². The Morgan fingerprint density at radius 2 is 2.04 bits per heavy atom. The van der Waals surface area contributed by atoms with Crippen molar-refractivity contribution in [1.29, 1.82) is 0 Å². The Hall–Kier alpha value is -1.76. The SMILES string of the molecule is O=C(Nc1cccc(C(F)(F)F)c1)O[C@@H]1C[C@H]2C[C@H]1[C@@H]1C[C@@H]3O[C@@H]3[C@H]21. The van der Waals surface area contributed by atoms with Gasteiger partial charge in [-0.3, -0.25) is 5.32 Å². The summed E-state index contributed by atoms with van der Waals surface area (Å²) in [5, 5.41) is 2.43. The van der Waals surface area contributed by atoms with Crippen LogP contribution in [0.1, 0.15) is 24.8 Å². The second-order valence-corrected chi connectivity index (χ2v) is 7.66. The minimum atomic E-state index is -4.44. The number of amides is 1. The number of fused-ring (bicyclic) bond motifs is 7. The molecule has 1 aromatic carbocycles. The van der Waals surface area contributed by atoms with Gasteiger partial charge in [0.15, 0.2) is 0 Å². The van der Waals surface area contributed by atoms with Crippen molar-refractivity contribution >= 4 is 11.8 Å². The molecule has 2 bridgehead atoms. The topological polar surface area (TPSA) is 50.9 Å². The Balaban J connectivity index is 1.22. The highest BCUT2D eigenvalue weighted by Gasteiger charge is 2.67. The fourth-order valence-electron chi connectivity index (χ4n) is 5.46. The second-order valence-electron chi connectivity index (χ2n) is 7.66. The number of halogens is 3. The molecule has 4 aliphatic rings. The fraction of sp³-hybridized carbons (Fsp3) is 0.611. The zero-order valence-electron chi connectivity index (χ0n) is 13.3. The second kappa shape index (κ2) is 5.13. The highest BCUT2D eigenvalue weighted by Crippen LogP contribution is 2.64. The third kappa shape index (κ3) is 2.51. The highest BCUT2D eigenvalue weighted by molar-refractivity contribution is 5.84. The van der Waals surface area contributed by atoms with Gasteiger partial charge in [0.25, 0.3) is 0 Å². The standard InChI is InChI=1S/C18H18F3NO3/c19-18(20,21)9-2-1-3-10(6-9)22-17(23)25-13-5-8-4-11(13)12-7-14-16(24-14)15(8)12/h1-3,6,8,11-16H,4-5,7H2,(H,22,23)/t8-,11+,12+,13-,14+,15-,16+/m1/s1. The number of carbonyl (C=O) groups is 1. The third-order valence-corrected chi connectivity index (χ3v) is 6.38. The van der Waals surface area contributed by atoms with Crippen molar-refractivity contribution in [2.75, 3.05) is 5.32 Å². The van der Waals surface area contributed by atoms with Gasteiger partial charge in [0.1, 0.15) is 6.10 Å². The van der Waals surface area contributed by atoms with Crippen molar-refractivity contribution in [3.8, 4) is 0 Å². The smallest absolute Gasteiger partial charge is 0.416 e. The van der Waals surface area contributed by atoms with Crippen LogP contribution in [-0.4, -0.2) is 24.4 Å². The zero-order chi connectivity index (χ0) is 17.3. The number of hydrogen-bond acceptors (Lipinski definition) is 3. The summed E-state index contributed by atoms with van der Waals surface area (Å²) in [6.45, 7) is 0. The molecule has 1 amide bonds. The number of alkyl halides is 3. The Bertz CT molecular complexity index is 722. The monoisotopic (exact) mass is 353 g/mol. The van der Waals surface area contributed by atoms with Crippen LogP contribution < -0.4 is 5.32 Å². The van der Waals surface area contributed by atoms with Crippen molar-refractivity contribution in [1.82, 2.24) is 0 Å². The summed E-state index contributed by atoms with van der Waals surface area (Å²) in [6, 6.07) is 4.58. The fourth-order valence-corrected chi connectivity index (χ4v) is 5.46. The van der Waals surface area contributed by atoms with Crippen molar-refractivity contribution in [2.24, 2.45) is 23.7 Å². The van der Waals surface area contributed by atoms with E-state index in [2.05, 4.69) is 5.32 Å². The predicted molar refractivity (Wildman–Crippen MR) is 81.8 cm³/mol. The van der Waals surface area contributed by atoms with E-state index in [1.165, 1.54) is 12.1 Å². The van der Waals surface area contributed by atoms with Crippen LogP contribution in [0.25, 0.3) is 0 Å². The first-order valence-electron chi connectivity index (χ1n) is 8.70. The Labute approximate surface area is 142 Å². The molecule has 5 rings (SSSR count). The predicted octanol–water partition coefficient (Wildman–Crippen LogP) is 4.07. The molecule has 1 aromatic rings. The lowest BCUT2D eigenvalue weighted by Gasteiger charge is -2.32. The minimum absolute atomic E-state index is 0.0939. The number of hydrogen-bond donors (Lipinski definition) is 1. The summed E-state index contributed by atoms with van der Waals surface area (Å²) >= 11 is 0. The van der Waals surface area contributed by atoms with Crippen molar-refractivity contribution in [3.63, 3.8) is 0 Å². The molecule has 0 radical (unpaired) electrons. The van der Waals surface area contributed by atoms with Crippen molar-refractivity contribution < 1.29 is 27.4 Å². The first-order chi connectivity index (χ1) is 11.9. The molecule has 7 atom stereocenters. The van der Waals surface area contributed by atoms with Crippen LogP contribution in [0.3, 0.4) is 0 Å². The van der Waals surface area contributed by atoms with E-state index in [4.69, 9.17) is 9.47 Å². The van der Waals surface area contributed by atoms with Gasteiger partial charge in [-0.1, -0.05) is 6.07 Å². The van der Waals surface area contributed by atoms with E-state index in [0.29, 0.717) is 35.9 Å². The number of epoxide rings is 1. The number of benzene rings is 1. The molecule has 1 saturated heterocycles. The lowest BCUT2D eigenvalue weighted by molar-refractivity contribution is -0.137. The molecule has 0 unspecified atom stereocenters. The van der Waals surface area contributed by atoms with E-state index in [9.17, 15) is 18.0 Å². The summed E-state index contributed by atoms with van der Waals surface area (Å²) < 4.78 is 49.4. The number of anilines is 1. The molecule has 0 spiro atoms. The first-order valence-corrected chi connectivity index (χ1v) is 8.70. The molecule has 7 heteroatoms. The molecule has 134 valence electrons. The largest absolute Gasteiger partial charge is 0.446 e. The zero-order valence-corrected chi connectivity index (χ0v) is 13.3. The molecule has 1 N–H and O–H groups in total. The third-order valence-electron chi connectivity index (χ3n) is 6.38. The summed E-state index contributed by atoms with van der Waals surface area (Å²) in [6.07, 6.45) is -1.42. The van der Waals surface area contributed by atoms with Gasteiger partial charge in [-0.15, -0.1) is 0 Å². The summed E-state index contributed by atoms with van der Waals surface area (Å²) in [5.41, 5.74) is -0.699. The van der Waals surface area contributed by atoms with E-state index in [1.807, 2.05) is 0 Å². The van der Waals surface area contributed by atoms with Crippen LogP contribution in [0, 0.1) is 23.7 Å². The van der Waals surface area contributed by atoms with Gasteiger partial charge in [0.05, 0.1) is 17.8 Å². The van der Waals surface area contributed by atoms with Gasteiger partial charge in [-0.25, -0.2) is 4.79 Å². The Morgan fingerprint density at radius 3 is 2.84 bits per heavy atom. The lowest BCUT2D eigenvalue weighted by Crippen LogP contribution is -2.35. The number of carbonyl (C=O) groups excluding carboxylic acids is 1. The van der Waals surface area contributed by atoms with Gasteiger partial charge in [0.2, 0.25) is 0 Å². The van der Waals surface area contributed by atoms with Gasteiger partial charge >= 0.3 is 12.3 Å². The number of nitrogens with one attached hydrogen (secondary N) is 1. The molecule has 1 aliphatic heterocycles. The van der Waals surface area contributed by atoms with Gasteiger partial charge in [-0.2, -0.15) is 13.2 Å². The summed E-state index contributed by atoms with van der Waals surface area (Å²) in [5.74, 6) is 2.13. The molecular weight excluding hydrogens is 335 g/mol. The van der Waals surface area contributed by atoms with Crippen molar-refractivity contribution in [3.05, 3.63) is 29.8 Å². The molecule has 1 heterocycles. The van der Waals surface area contributed by atoms with E-state index in [1.54, 1.807) is 0 Å². The molecular formula is C18H18F3NO3.